The standard InChI is InChI=1S/C63H44N4/c1-42-29-35-61-57(37-42)63(58-38-43(2)30-36-62(58)67(61)47-33-31-45(32-34-47)54-41-65-40-53(52(54)39-64)44-17-5-3-6-18-44)55-25-13-9-21-48(55)50-23-11-15-27-59(50)66(46-19-7-4-8-20-46)60-28-16-12-24-51(60)49-22-10-14-26-56(49)63/h3-38,40-41H,1-2H3. The summed E-state index contributed by atoms with van der Waals surface area (Å²) in [6.45, 7) is 4.42. The Morgan fingerprint density at radius 3 is 1.31 bits per heavy atom. The molecule has 2 aliphatic rings. The fourth-order valence-corrected chi connectivity index (χ4v) is 10.9. The Morgan fingerprint density at radius 2 is 0.791 bits per heavy atom. The number of benzene rings is 9. The van der Waals surface area contributed by atoms with E-state index in [0.717, 1.165) is 67.5 Å². The Hall–Kier alpha value is -8.78. The second-order valence-electron chi connectivity index (χ2n) is 17.6. The molecule has 10 aromatic rings. The Morgan fingerprint density at radius 1 is 0.373 bits per heavy atom. The highest BCUT2D eigenvalue weighted by Gasteiger charge is 2.49. The highest BCUT2D eigenvalue weighted by Crippen LogP contribution is 2.62. The minimum atomic E-state index is -0.785. The molecule has 0 atom stereocenters. The van der Waals surface area contributed by atoms with Crippen molar-refractivity contribution in [3.8, 4) is 50.6 Å². The normalized spacial score (nSPS) is 13.0. The van der Waals surface area contributed by atoms with E-state index >= 15 is 0 Å². The van der Waals surface area contributed by atoms with Gasteiger partial charge in [-0.2, -0.15) is 5.26 Å². The number of rotatable bonds is 4. The molecule has 4 nitrogen and oxygen atoms in total. The molecule has 0 unspecified atom stereocenters. The van der Waals surface area contributed by atoms with E-state index in [4.69, 9.17) is 0 Å². The first-order chi connectivity index (χ1) is 33.0. The van der Waals surface area contributed by atoms with E-state index in [1.807, 2.05) is 36.5 Å². The van der Waals surface area contributed by atoms with Crippen LogP contribution in [0.1, 0.15) is 38.9 Å². The number of aromatic nitrogens is 1. The third-order valence-corrected chi connectivity index (χ3v) is 13.7. The molecule has 0 amide bonds. The zero-order chi connectivity index (χ0) is 45.1. The molecule has 0 saturated heterocycles. The summed E-state index contributed by atoms with van der Waals surface area (Å²) in [5.41, 5.74) is 21.8. The summed E-state index contributed by atoms with van der Waals surface area (Å²) in [4.78, 5) is 9.50. The zero-order valence-corrected chi connectivity index (χ0v) is 37.2. The number of anilines is 6. The van der Waals surface area contributed by atoms with Crippen molar-refractivity contribution >= 4 is 34.1 Å². The average Bonchev–Trinajstić information content (AvgIpc) is 3.39. The van der Waals surface area contributed by atoms with E-state index in [-0.39, 0.29) is 0 Å². The molecule has 1 spiro atoms. The molecular weight excluding hydrogens is 813 g/mol. The van der Waals surface area contributed by atoms with Gasteiger partial charge in [0.1, 0.15) is 6.07 Å². The zero-order valence-electron chi connectivity index (χ0n) is 37.2. The molecule has 67 heavy (non-hydrogen) atoms. The minimum Gasteiger partial charge on any atom is -0.310 e. The van der Waals surface area contributed by atoms with Crippen molar-refractivity contribution in [3.05, 3.63) is 270 Å². The number of fused-ring (bicyclic) bond motifs is 12. The molecular formula is C63H44N4. The van der Waals surface area contributed by atoms with Gasteiger partial charge in [-0.15, -0.1) is 0 Å². The fraction of sp³-hybridized carbons (Fsp3) is 0.0476. The fourth-order valence-electron chi connectivity index (χ4n) is 10.9. The lowest BCUT2D eigenvalue weighted by atomic mass is 9.59. The molecule has 9 aromatic carbocycles. The first-order valence-electron chi connectivity index (χ1n) is 22.8. The van der Waals surface area contributed by atoms with Crippen LogP contribution in [-0.4, -0.2) is 4.98 Å². The van der Waals surface area contributed by atoms with E-state index in [1.54, 1.807) is 6.20 Å². The van der Waals surface area contributed by atoms with Crippen LogP contribution in [0.3, 0.4) is 0 Å². The number of nitrogens with zero attached hydrogens (tertiary/aromatic N) is 4. The van der Waals surface area contributed by atoms with E-state index in [0.29, 0.717) is 5.56 Å². The molecule has 0 radical (unpaired) electrons. The molecule has 2 aliphatic heterocycles. The van der Waals surface area contributed by atoms with Gasteiger partial charge in [0.25, 0.3) is 0 Å². The van der Waals surface area contributed by atoms with Gasteiger partial charge in [0.2, 0.25) is 0 Å². The Labute approximate surface area is 392 Å². The number of nitriles is 1. The van der Waals surface area contributed by atoms with Crippen LogP contribution in [-0.2, 0) is 5.41 Å². The third kappa shape index (κ3) is 6.24. The molecule has 12 rings (SSSR count). The van der Waals surface area contributed by atoms with E-state index in [1.165, 1.54) is 44.5 Å². The summed E-state index contributed by atoms with van der Waals surface area (Å²) in [7, 11) is 0. The smallest absolute Gasteiger partial charge is 0.101 e. The van der Waals surface area contributed by atoms with Crippen LogP contribution >= 0.6 is 0 Å². The average molecular weight is 857 g/mol. The largest absolute Gasteiger partial charge is 0.310 e. The number of aryl methyl sites for hydroxylation is 2. The number of hydrogen-bond donors (Lipinski definition) is 0. The quantitative estimate of drug-likeness (QED) is 0.177. The maximum Gasteiger partial charge on any atom is 0.101 e. The van der Waals surface area contributed by atoms with Crippen LogP contribution < -0.4 is 9.80 Å². The lowest BCUT2D eigenvalue weighted by molar-refractivity contribution is 0.732. The van der Waals surface area contributed by atoms with Gasteiger partial charge in [-0.1, -0.05) is 181 Å². The lowest BCUT2D eigenvalue weighted by Crippen LogP contribution is -2.39. The summed E-state index contributed by atoms with van der Waals surface area (Å²) in [5, 5.41) is 10.6. The summed E-state index contributed by atoms with van der Waals surface area (Å²) < 4.78 is 0. The Balaban J connectivity index is 1.15. The topological polar surface area (TPSA) is 43.2 Å². The summed E-state index contributed by atoms with van der Waals surface area (Å²) >= 11 is 0. The van der Waals surface area contributed by atoms with Crippen LogP contribution in [0.4, 0.5) is 34.1 Å². The second-order valence-corrected chi connectivity index (χ2v) is 17.6. The van der Waals surface area contributed by atoms with Crippen molar-refractivity contribution in [2.45, 2.75) is 19.3 Å². The van der Waals surface area contributed by atoms with Crippen LogP contribution in [0.25, 0.3) is 44.5 Å². The van der Waals surface area contributed by atoms with E-state index in [9.17, 15) is 5.26 Å². The first kappa shape index (κ1) is 39.8. The predicted octanol–water partition coefficient (Wildman–Crippen LogP) is 16.2. The van der Waals surface area contributed by atoms with Crippen molar-refractivity contribution in [1.82, 2.24) is 4.98 Å². The minimum absolute atomic E-state index is 0.610. The summed E-state index contributed by atoms with van der Waals surface area (Å²) in [6.07, 6.45) is 3.60. The highest BCUT2D eigenvalue weighted by molar-refractivity contribution is 6.00. The SMILES string of the molecule is Cc1ccc2c(c1)C1(c3ccccc3-c3ccccc3N(c3ccccc3)c3ccccc3-c3ccccc31)c1cc(C)ccc1N2c1ccc(-c2cncc(-c3ccccc3)c2C#N)cc1. The van der Waals surface area contributed by atoms with Gasteiger partial charge in [0, 0.05) is 46.0 Å². The van der Waals surface area contributed by atoms with Gasteiger partial charge in [-0.25, -0.2) is 0 Å². The van der Waals surface area contributed by atoms with Crippen LogP contribution in [0, 0.1) is 25.2 Å². The van der Waals surface area contributed by atoms with Crippen molar-refractivity contribution < 1.29 is 0 Å². The monoisotopic (exact) mass is 856 g/mol. The second kappa shape index (κ2) is 16.0. The van der Waals surface area contributed by atoms with Crippen molar-refractivity contribution in [2.24, 2.45) is 0 Å². The maximum atomic E-state index is 10.6. The van der Waals surface area contributed by atoms with Gasteiger partial charge in [-0.3, -0.25) is 4.98 Å². The van der Waals surface area contributed by atoms with Crippen LogP contribution in [0.5, 0.6) is 0 Å². The Kier molecular flexibility index (Phi) is 9.52. The molecule has 0 bridgehead atoms. The number of hydrogen-bond acceptors (Lipinski definition) is 4. The van der Waals surface area contributed by atoms with Crippen LogP contribution in [0.2, 0.25) is 0 Å². The molecule has 3 heterocycles. The molecule has 1 aromatic heterocycles. The summed E-state index contributed by atoms with van der Waals surface area (Å²) in [5.74, 6) is 0. The van der Waals surface area contributed by atoms with E-state index < -0.39 is 5.41 Å². The predicted molar refractivity (Wildman–Crippen MR) is 275 cm³/mol. The van der Waals surface area contributed by atoms with Gasteiger partial charge in [0.15, 0.2) is 0 Å². The molecule has 0 aliphatic carbocycles. The van der Waals surface area contributed by atoms with Crippen LogP contribution in [0.15, 0.2) is 231 Å². The molecule has 316 valence electrons. The molecule has 4 heteroatoms. The van der Waals surface area contributed by atoms with Gasteiger partial charge >= 0.3 is 0 Å². The van der Waals surface area contributed by atoms with Crippen molar-refractivity contribution in [1.29, 1.82) is 5.26 Å². The van der Waals surface area contributed by atoms with Gasteiger partial charge in [-0.05, 0) is 107 Å². The van der Waals surface area contributed by atoms with E-state index in [2.05, 4.69) is 223 Å². The van der Waals surface area contributed by atoms with Crippen molar-refractivity contribution in [2.75, 3.05) is 9.80 Å². The summed E-state index contributed by atoms with van der Waals surface area (Å²) in [6, 6.07) is 81.9. The number of pyridine rings is 1. The first-order valence-corrected chi connectivity index (χ1v) is 22.8. The highest BCUT2D eigenvalue weighted by atomic mass is 15.2. The van der Waals surface area contributed by atoms with Gasteiger partial charge < -0.3 is 9.80 Å². The lowest BCUT2D eigenvalue weighted by Gasteiger charge is -2.48. The molecule has 0 N–H and O–H groups in total. The molecule has 0 fully saturated rings. The van der Waals surface area contributed by atoms with Gasteiger partial charge in [0.05, 0.1) is 33.7 Å². The number of para-hydroxylation sites is 3. The maximum absolute atomic E-state index is 10.6. The Bertz CT molecular complexity index is 3420. The third-order valence-electron chi connectivity index (χ3n) is 13.7. The molecule has 0 saturated carbocycles. The van der Waals surface area contributed by atoms with Crippen molar-refractivity contribution in [3.63, 3.8) is 0 Å².